The highest BCUT2D eigenvalue weighted by Crippen LogP contribution is 2.29. The van der Waals surface area contributed by atoms with Crippen LogP contribution < -0.4 is 10.1 Å². The number of benzene rings is 1. The first kappa shape index (κ1) is 12.4. The largest absolute Gasteiger partial charge is 0.497 e. The molecule has 0 saturated carbocycles. The van der Waals surface area contributed by atoms with Crippen LogP contribution in [0.1, 0.15) is 4.88 Å². The van der Waals surface area contributed by atoms with E-state index in [1.165, 1.54) is 4.88 Å². The first-order valence-corrected chi connectivity index (χ1v) is 7.75. The number of fused-ring (bicyclic) bond motifs is 1. The first-order chi connectivity index (χ1) is 9.35. The number of aromatic nitrogens is 1. The zero-order chi connectivity index (χ0) is 13.1. The predicted molar refractivity (Wildman–Crippen MR) is 82.7 cm³/mol. The molecule has 3 rings (SSSR count). The summed E-state index contributed by atoms with van der Waals surface area (Å²) in [5.74, 6) is 0.876. The van der Waals surface area contributed by atoms with Gasteiger partial charge in [-0.15, -0.1) is 11.3 Å². The molecule has 0 aliphatic heterocycles. The van der Waals surface area contributed by atoms with Crippen LogP contribution in [-0.4, -0.2) is 18.6 Å². The molecule has 2 heterocycles. The molecule has 5 heteroatoms. The Morgan fingerprint density at radius 1 is 1.32 bits per heavy atom. The fourth-order valence-electron chi connectivity index (χ4n) is 1.85. The summed E-state index contributed by atoms with van der Waals surface area (Å²) in [5.41, 5.74) is 1.02. The van der Waals surface area contributed by atoms with Crippen molar-refractivity contribution in [1.82, 2.24) is 4.98 Å². The quantitative estimate of drug-likeness (QED) is 0.770. The second-order valence-corrected chi connectivity index (χ2v) is 6.17. The number of hydrogen-bond acceptors (Lipinski definition) is 5. The Kier molecular flexibility index (Phi) is 3.66. The molecule has 19 heavy (non-hydrogen) atoms. The van der Waals surface area contributed by atoms with Crippen molar-refractivity contribution >= 4 is 38.0 Å². The number of hydrogen-bond donors (Lipinski definition) is 1. The molecule has 0 amide bonds. The molecule has 98 valence electrons. The van der Waals surface area contributed by atoms with Gasteiger partial charge in [0.1, 0.15) is 5.75 Å². The van der Waals surface area contributed by atoms with Gasteiger partial charge in [0, 0.05) is 11.4 Å². The summed E-state index contributed by atoms with van der Waals surface area (Å²) in [6.45, 7) is 0.914. The standard InChI is InChI=1S/C14H14N2OS2/c1-17-10-4-5-12-13(9-10)19-14(16-12)15-7-6-11-3-2-8-18-11/h2-5,8-9H,6-7H2,1H3,(H,15,16). The van der Waals surface area contributed by atoms with Crippen LogP contribution in [0.4, 0.5) is 5.13 Å². The van der Waals surface area contributed by atoms with Crippen LogP contribution in [0.15, 0.2) is 35.7 Å². The van der Waals surface area contributed by atoms with E-state index in [9.17, 15) is 0 Å². The third-order valence-electron chi connectivity index (χ3n) is 2.82. The molecule has 1 aromatic carbocycles. The molecule has 0 spiro atoms. The number of anilines is 1. The van der Waals surface area contributed by atoms with E-state index in [0.717, 1.165) is 34.1 Å². The van der Waals surface area contributed by atoms with E-state index in [4.69, 9.17) is 4.74 Å². The van der Waals surface area contributed by atoms with Gasteiger partial charge in [-0.1, -0.05) is 17.4 Å². The smallest absolute Gasteiger partial charge is 0.183 e. The number of nitrogens with one attached hydrogen (secondary N) is 1. The Bertz CT molecular complexity index is 661. The molecule has 0 saturated heterocycles. The minimum atomic E-state index is 0.876. The number of rotatable bonds is 5. The van der Waals surface area contributed by atoms with Crippen molar-refractivity contribution in [2.45, 2.75) is 6.42 Å². The van der Waals surface area contributed by atoms with Gasteiger partial charge in [-0.2, -0.15) is 0 Å². The zero-order valence-electron chi connectivity index (χ0n) is 10.6. The normalized spacial score (nSPS) is 10.8. The van der Waals surface area contributed by atoms with Crippen LogP contribution in [0.25, 0.3) is 10.2 Å². The highest BCUT2D eigenvalue weighted by atomic mass is 32.1. The van der Waals surface area contributed by atoms with Crippen LogP contribution in [0.5, 0.6) is 5.75 Å². The Labute approximate surface area is 119 Å². The van der Waals surface area contributed by atoms with E-state index in [1.54, 1.807) is 29.8 Å². The van der Waals surface area contributed by atoms with Crippen LogP contribution in [0.2, 0.25) is 0 Å². The Hall–Kier alpha value is -1.59. The van der Waals surface area contributed by atoms with Gasteiger partial charge in [0.15, 0.2) is 5.13 Å². The lowest BCUT2D eigenvalue weighted by molar-refractivity contribution is 0.415. The summed E-state index contributed by atoms with van der Waals surface area (Å²) in [7, 11) is 1.68. The Balaban J connectivity index is 1.67. The van der Waals surface area contributed by atoms with Crippen molar-refractivity contribution < 1.29 is 4.74 Å². The Morgan fingerprint density at radius 2 is 2.26 bits per heavy atom. The summed E-state index contributed by atoms with van der Waals surface area (Å²) in [4.78, 5) is 5.96. The number of ether oxygens (including phenoxy) is 1. The predicted octanol–water partition coefficient (Wildman–Crippen LogP) is 4.02. The highest BCUT2D eigenvalue weighted by molar-refractivity contribution is 7.22. The van der Waals surface area contributed by atoms with Crippen LogP contribution in [0.3, 0.4) is 0 Å². The fourth-order valence-corrected chi connectivity index (χ4v) is 3.48. The van der Waals surface area contributed by atoms with Gasteiger partial charge in [0.2, 0.25) is 0 Å². The third-order valence-corrected chi connectivity index (χ3v) is 4.74. The van der Waals surface area contributed by atoms with Crippen molar-refractivity contribution in [3.8, 4) is 5.75 Å². The summed E-state index contributed by atoms with van der Waals surface area (Å²) >= 11 is 3.46. The highest BCUT2D eigenvalue weighted by Gasteiger charge is 2.04. The van der Waals surface area contributed by atoms with Gasteiger partial charge in [0.05, 0.1) is 17.3 Å². The van der Waals surface area contributed by atoms with E-state index < -0.39 is 0 Å². The van der Waals surface area contributed by atoms with Crippen molar-refractivity contribution in [1.29, 1.82) is 0 Å². The monoisotopic (exact) mass is 290 g/mol. The van der Waals surface area contributed by atoms with Gasteiger partial charge in [-0.05, 0) is 36.1 Å². The molecule has 0 aliphatic rings. The maximum Gasteiger partial charge on any atom is 0.183 e. The minimum Gasteiger partial charge on any atom is -0.497 e. The topological polar surface area (TPSA) is 34.1 Å². The van der Waals surface area contributed by atoms with Gasteiger partial charge < -0.3 is 10.1 Å². The number of methoxy groups -OCH3 is 1. The molecule has 3 aromatic rings. The van der Waals surface area contributed by atoms with Crippen molar-refractivity contribution in [2.75, 3.05) is 19.0 Å². The van der Waals surface area contributed by atoms with E-state index in [2.05, 4.69) is 27.8 Å². The number of thiazole rings is 1. The van der Waals surface area contributed by atoms with E-state index in [1.807, 2.05) is 18.2 Å². The van der Waals surface area contributed by atoms with Gasteiger partial charge in [0.25, 0.3) is 0 Å². The molecule has 2 aromatic heterocycles. The molecule has 1 N–H and O–H groups in total. The molecular weight excluding hydrogens is 276 g/mol. The summed E-state index contributed by atoms with van der Waals surface area (Å²) in [5, 5.41) is 6.47. The van der Waals surface area contributed by atoms with Crippen molar-refractivity contribution in [3.05, 3.63) is 40.6 Å². The molecular formula is C14H14N2OS2. The molecule has 0 fully saturated rings. The van der Waals surface area contributed by atoms with E-state index in [-0.39, 0.29) is 0 Å². The first-order valence-electron chi connectivity index (χ1n) is 6.06. The number of thiophene rings is 1. The molecule has 0 radical (unpaired) electrons. The number of nitrogens with zero attached hydrogens (tertiary/aromatic N) is 1. The van der Waals surface area contributed by atoms with Crippen LogP contribution in [0, 0.1) is 0 Å². The second kappa shape index (κ2) is 5.59. The van der Waals surface area contributed by atoms with Crippen LogP contribution >= 0.6 is 22.7 Å². The molecule has 3 nitrogen and oxygen atoms in total. The lowest BCUT2D eigenvalue weighted by Gasteiger charge is -1.99. The molecule has 0 bridgehead atoms. The van der Waals surface area contributed by atoms with Gasteiger partial charge in [-0.3, -0.25) is 0 Å². The summed E-state index contributed by atoms with van der Waals surface area (Å²) < 4.78 is 6.37. The van der Waals surface area contributed by atoms with Crippen molar-refractivity contribution in [3.63, 3.8) is 0 Å². The van der Waals surface area contributed by atoms with Gasteiger partial charge in [-0.25, -0.2) is 4.98 Å². The lowest BCUT2D eigenvalue weighted by atomic mass is 10.3. The average molecular weight is 290 g/mol. The molecule has 0 unspecified atom stereocenters. The van der Waals surface area contributed by atoms with Gasteiger partial charge >= 0.3 is 0 Å². The summed E-state index contributed by atoms with van der Waals surface area (Å²) in [6, 6.07) is 10.2. The van der Waals surface area contributed by atoms with Crippen LogP contribution in [-0.2, 0) is 6.42 Å². The average Bonchev–Trinajstić information content (AvgIpc) is 3.06. The van der Waals surface area contributed by atoms with Crippen molar-refractivity contribution in [2.24, 2.45) is 0 Å². The van der Waals surface area contributed by atoms with E-state index >= 15 is 0 Å². The maximum absolute atomic E-state index is 5.22. The van der Waals surface area contributed by atoms with E-state index in [0.29, 0.717) is 0 Å². The molecule has 0 aliphatic carbocycles. The minimum absolute atomic E-state index is 0.876. The molecule has 0 atom stereocenters. The zero-order valence-corrected chi connectivity index (χ0v) is 12.2. The third kappa shape index (κ3) is 2.88. The SMILES string of the molecule is COc1ccc2nc(NCCc3cccs3)sc2c1. The summed E-state index contributed by atoms with van der Waals surface area (Å²) in [6.07, 6.45) is 1.04. The Morgan fingerprint density at radius 3 is 3.05 bits per heavy atom. The fraction of sp³-hybridized carbons (Fsp3) is 0.214. The lowest BCUT2D eigenvalue weighted by Crippen LogP contribution is -2.03. The maximum atomic E-state index is 5.22. The second-order valence-electron chi connectivity index (χ2n) is 4.11.